The lowest BCUT2D eigenvalue weighted by atomic mass is 9.93. The fourth-order valence-corrected chi connectivity index (χ4v) is 4.63. The van der Waals surface area contributed by atoms with Crippen LogP contribution in [0.15, 0.2) is 64.2 Å². The number of halogens is 2. The Hall–Kier alpha value is -3.68. The second-order valence-electron chi connectivity index (χ2n) is 8.05. The molecule has 5 rings (SSSR count). The molecule has 9 heteroatoms. The van der Waals surface area contributed by atoms with Gasteiger partial charge in [-0.25, -0.2) is 10.2 Å². The summed E-state index contributed by atoms with van der Waals surface area (Å²) in [6.07, 6.45) is 3.67. The van der Waals surface area contributed by atoms with Crippen LogP contribution in [0.4, 0.5) is 0 Å². The van der Waals surface area contributed by atoms with Gasteiger partial charge in [0.1, 0.15) is 11.3 Å². The number of nitrogens with one attached hydrogen (secondary N) is 1. The average Bonchev–Trinajstić information content (AvgIpc) is 3.20. The first-order valence-corrected chi connectivity index (χ1v) is 11.7. The first-order valence-electron chi connectivity index (χ1n) is 10.9. The number of fused-ring (bicyclic) bond motifs is 2. The topological polar surface area (TPSA) is 93.8 Å². The molecule has 7 nitrogen and oxygen atoms in total. The highest BCUT2D eigenvalue weighted by atomic mass is 35.5. The molecule has 1 aliphatic carbocycles. The van der Waals surface area contributed by atoms with Crippen molar-refractivity contribution >= 4 is 51.7 Å². The number of furan rings is 1. The minimum absolute atomic E-state index is 0.101. The van der Waals surface area contributed by atoms with Crippen molar-refractivity contribution in [1.29, 1.82) is 0 Å². The number of hydrogen-bond acceptors (Lipinski definition) is 6. The molecule has 0 radical (unpaired) electrons. The number of aryl methyl sites for hydroxylation is 1. The van der Waals surface area contributed by atoms with Crippen molar-refractivity contribution in [2.75, 3.05) is 0 Å². The van der Waals surface area contributed by atoms with Gasteiger partial charge in [-0.15, -0.1) is 0 Å². The van der Waals surface area contributed by atoms with Gasteiger partial charge in [-0.3, -0.25) is 9.78 Å². The number of benzene rings is 2. The zero-order chi connectivity index (χ0) is 24.5. The first kappa shape index (κ1) is 23.1. The molecular weight excluding hydrogens is 489 g/mol. The number of amides is 1. The van der Waals surface area contributed by atoms with Gasteiger partial charge in [0.25, 0.3) is 5.91 Å². The minimum atomic E-state index is -0.619. The highest BCUT2D eigenvalue weighted by molar-refractivity contribution is 6.36. The maximum absolute atomic E-state index is 13.0. The Morgan fingerprint density at radius 3 is 2.77 bits per heavy atom. The van der Waals surface area contributed by atoms with Crippen molar-refractivity contribution in [3.05, 3.63) is 93.0 Å². The molecule has 0 saturated heterocycles. The molecule has 0 bridgehead atoms. The van der Waals surface area contributed by atoms with Crippen molar-refractivity contribution < 1.29 is 18.7 Å². The normalized spacial score (nSPS) is 14.1. The van der Waals surface area contributed by atoms with Gasteiger partial charge in [0.15, 0.2) is 5.75 Å². The van der Waals surface area contributed by atoms with E-state index in [2.05, 4.69) is 15.5 Å². The van der Waals surface area contributed by atoms with Gasteiger partial charge in [-0.05, 0) is 50.1 Å². The largest absolute Gasteiger partial charge is 0.453 e. The molecular formula is C26H19Cl2N3O4. The van der Waals surface area contributed by atoms with Crippen LogP contribution in [0.3, 0.4) is 0 Å². The first-order chi connectivity index (χ1) is 16.9. The van der Waals surface area contributed by atoms with Crippen LogP contribution in [-0.4, -0.2) is 22.6 Å². The van der Waals surface area contributed by atoms with E-state index in [1.165, 1.54) is 12.1 Å². The fourth-order valence-electron chi connectivity index (χ4n) is 4.13. The number of carbonyl (C=O) groups is 2. The molecule has 35 heavy (non-hydrogen) atoms. The number of ether oxygens (including phenoxy) is 1. The Morgan fingerprint density at radius 2 is 1.94 bits per heavy atom. The van der Waals surface area contributed by atoms with Gasteiger partial charge in [-0.1, -0.05) is 41.4 Å². The highest BCUT2D eigenvalue weighted by Gasteiger charge is 2.29. The monoisotopic (exact) mass is 507 g/mol. The highest BCUT2D eigenvalue weighted by Crippen LogP contribution is 2.31. The number of hydrogen-bond donors (Lipinski definition) is 1. The maximum Gasteiger partial charge on any atom is 0.380 e. The Labute approximate surface area is 210 Å². The van der Waals surface area contributed by atoms with Crippen molar-refractivity contribution in [3.63, 3.8) is 0 Å². The van der Waals surface area contributed by atoms with Crippen LogP contribution in [0.5, 0.6) is 5.75 Å². The fraction of sp³-hybridized carbons (Fsp3) is 0.154. The van der Waals surface area contributed by atoms with E-state index in [-0.39, 0.29) is 16.3 Å². The smallest absolute Gasteiger partial charge is 0.380 e. The second kappa shape index (κ2) is 9.52. The van der Waals surface area contributed by atoms with Crippen molar-refractivity contribution in [1.82, 2.24) is 10.4 Å². The van der Waals surface area contributed by atoms with Crippen LogP contribution < -0.4 is 10.2 Å². The van der Waals surface area contributed by atoms with Crippen LogP contribution in [-0.2, 0) is 6.42 Å². The molecule has 0 saturated carbocycles. The van der Waals surface area contributed by atoms with E-state index in [1.807, 2.05) is 18.2 Å². The number of rotatable bonds is 4. The van der Waals surface area contributed by atoms with Crippen LogP contribution in [0.25, 0.3) is 10.9 Å². The minimum Gasteiger partial charge on any atom is -0.453 e. The average molecular weight is 508 g/mol. The summed E-state index contributed by atoms with van der Waals surface area (Å²) >= 11 is 12.0. The summed E-state index contributed by atoms with van der Waals surface area (Å²) in [5, 5.41) is 5.85. The SMILES string of the molecule is Cc1c(C(=O)Oc2cccc3cccnc23)oc2c1/C(=N/NC(=O)c1ccc(Cl)cc1Cl)CCC2. The molecule has 1 N–H and O–H groups in total. The number of hydrazone groups is 1. The lowest BCUT2D eigenvalue weighted by molar-refractivity contribution is 0.0700. The third kappa shape index (κ3) is 4.52. The number of carbonyl (C=O) groups excluding carboxylic acids is 2. The molecule has 1 aliphatic rings. The quantitative estimate of drug-likeness (QED) is 0.203. The molecule has 0 aliphatic heterocycles. The molecule has 0 spiro atoms. The predicted molar refractivity (Wildman–Crippen MR) is 134 cm³/mol. The Morgan fingerprint density at radius 1 is 1.11 bits per heavy atom. The summed E-state index contributed by atoms with van der Waals surface area (Å²) in [6.45, 7) is 1.78. The Kier molecular flexibility index (Phi) is 6.28. The van der Waals surface area contributed by atoms with E-state index < -0.39 is 11.9 Å². The van der Waals surface area contributed by atoms with Gasteiger partial charge in [0.2, 0.25) is 5.76 Å². The number of para-hydroxylation sites is 1. The van der Waals surface area contributed by atoms with Crippen molar-refractivity contribution in [2.24, 2.45) is 5.10 Å². The third-order valence-corrected chi connectivity index (χ3v) is 6.33. The summed E-state index contributed by atoms with van der Waals surface area (Å²) in [5.74, 6) is 0.00339. The van der Waals surface area contributed by atoms with Gasteiger partial charge < -0.3 is 9.15 Å². The second-order valence-corrected chi connectivity index (χ2v) is 8.90. The molecule has 2 aromatic heterocycles. The zero-order valence-corrected chi connectivity index (χ0v) is 20.1. The van der Waals surface area contributed by atoms with E-state index in [4.69, 9.17) is 32.4 Å². The van der Waals surface area contributed by atoms with Crippen molar-refractivity contribution in [2.45, 2.75) is 26.2 Å². The Bertz CT molecular complexity index is 1500. The van der Waals surface area contributed by atoms with Crippen LogP contribution in [0, 0.1) is 6.92 Å². The zero-order valence-electron chi connectivity index (χ0n) is 18.6. The van der Waals surface area contributed by atoms with Crippen LogP contribution in [0.2, 0.25) is 10.0 Å². The summed E-state index contributed by atoms with van der Waals surface area (Å²) in [6, 6.07) is 13.7. The predicted octanol–water partition coefficient (Wildman–Crippen LogP) is 6.13. The van der Waals surface area contributed by atoms with E-state index in [1.54, 1.807) is 31.3 Å². The summed E-state index contributed by atoms with van der Waals surface area (Å²) in [5.41, 5.74) is 5.33. The lowest BCUT2D eigenvalue weighted by Gasteiger charge is -2.13. The summed E-state index contributed by atoms with van der Waals surface area (Å²) in [4.78, 5) is 30.0. The number of pyridine rings is 1. The van der Waals surface area contributed by atoms with Crippen LogP contribution in [0.1, 0.15) is 50.6 Å². The molecule has 0 fully saturated rings. The standard InChI is InChI=1S/C26H19Cl2N3O4/c1-14-22-19(30-31-25(32)17-11-10-16(27)13-18(17)28)7-3-8-20(22)34-24(14)26(33)35-21-9-2-5-15-6-4-12-29-23(15)21/h2,4-6,9-13H,3,7-8H2,1H3,(H,31,32)/b30-19+. The summed E-state index contributed by atoms with van der Waals surface area (Å²) < 4.78 is 11.6. The molecule has 176 valence electrons. The van der Waals surface area contributed by atoms with Crippen LogP contribution >= 0.6 is 23.2 Å². The molecule has 4 aromatic rings. The van der Waals surface area contributed by atoms with Gasteiger partial charge in [0, 0.05) is 34.2 Å². The number of aromatic nitrogens is 1. The van der Waals surface area contributed by atoms with E-state index in [0.717, 1.165) is 11.8 Å². The van der Waals surface area contributed by atoms with Gasteiger partial charge >= 0.3 is 5.97 Å². The molecule has 2 aromatic carbocycles. The Balaban J connectivity index is 1.41. The molecule has 0 atom stereocenters. The molecule has 2 heterocycles. The maximum atomic E-state index is 13.0. The lowest BCUT2D eigenvalue weighted by Crippen LogP contribution is -2.22. The van der Waals surface area contributed by atoms with Crippen molar-refractivity contribution in [3.8, 4) is 5.75 Å². The molecule has 1 amide bonds. The summed E-state index contributed by atoms with van der Waals surface area (Å²) in [7, 11) is 0. The van der Waals surface area contributed by atoms with E-state index in [0.29, 0.717) is 51.7 Å². The number of esters is 1. The molecule has 0 unspecified atom stereocenters. The number of nitrogens with zero attached hydrogens (tertiary/aromatic N) is 2. The van der Waals surface area contributed by atoms with Gasteiger partial charge in [-0.2, -0.15) is 5.10 Å². The van der Waals surface area contributed by atoms with E-state index in [9.17, 15) is 9.59 Å². The third-order valence-electron chi connectivity index (χ3n) is 5.78. The van der Waals surface area contributed by atoms with E-state index >= 15 is 0 Å². The van der Waals surface area contributed by atoms with Gasteiger partial charge in [0.05, 0.1) is 16.3 Å².